The van der Waals surface area contributed by atoms with Crippen LogP contribution in [0.3, 0.4) is 0 Å². The van der Waals surface area contributed by atoms with E-state index < -0.39 is 36.6 Å². The number of hydrogen-bond donors (Lipinski definition) is 0. The third kappa shape index (κ3) is 4.01. The van der Waals surface area contributed by atoms with Gasteiger partial charge in [0.15, 0.2) is 0 Å². The van der Waals surface area contributed by atoms with Gasteiger partial charge in [0.25, 0.3) is 0 Å². The van der Waals surface area contributed by atoms with E-state index in [-0.39, 0.29) is 31.1 Å². The quantitative estimate of drug-likeness (QED) is 0.709. The van der Waals surface area contributed by atoms with Gasteiger partial charge in [0, 0.05) is 32.2 Å². The summed E-state index contributed by atoms with van der Waals surface area (Å²) < 4.78 is 80.7. The number of piperazine rings is 1. The molecule has 2 aromatic rings. The fourth-order valence-corrected chi connectivity index (χ4v) is 6.93. The largest absolute Gasteiger partial charge is 0.243 e. The van der Waals surface area contributed by atoms with Gasteiger partial charge in [-0.1, -0.05) is 6.07 Å². The Labute approximate surface area is 175 Å². The van der Waals surface area contributed by atoms with Crippen molar-refractivity contribution in [2.75, 3.05) is 26.2 Å². The molecule has 0 aromatic heterocycles. The first-order chi connectivity index (χ1) is 14.2. The second-order valence-corrected chi connectivity index (χ2v) is 11.4. The molecule has 2 aliphatic rings. The van der Waals surface area contributed by atoms with Gasteiger partial charge in [-0.05, 0) is 61.1 Å². The molecule has 162 valence electrons. The molecule has 0 saturated carbocycles. The normalized spacial score (nSPS) is 18.9. The molecule has 30 heavy (non-hydrogen) atoms. The minimum absolute atomic E-state index is 0.0313. The van der Waals surface area contributed by atoms with E-state index in [1.807, 2.05) is 6.07 Å². The number of fused-ring (bicyclic) bond motifs is 1. The Kier molecular flexibility index (Phi) is 5.69. The molecule has 6 nitrogen and oxygen atoms in total. The fraction of sp³-hybridized carbons (Fsp3) is 0.400. The number of aryl methyl sites for hydroxylation is 2. The van der Waals surface area contributed by atoms with Gasteiger partial charge in [0.05, 0.1) is 9.79 Å². The van der Waals surface area contributed by atoms with Gasteiger partial charge >= 0.3 is 0 Å². The maximum atomic E-state index is 13.4. The van der Waals surface area contributed by atoms with Crippen LogP contribution in [0.2, 0.25) is 0 Å². The van der Waals surface area contributed by atoms with E-state index in [0.717, 1.165) is 47.7 Å². The molecular weight excluding hydrogens is 434 g/mol. The van der Waals surface area contributed by atoms with Gasteiger partial charge in [-0.25, -0.2) is 25.6 Å². The van der Waals surface area contributed by atoms with Crippen LogP contribution < -0.4 is 0 Å². The van der Waals surface area contributed by atoms with Crippen LogP contribution >= 0.6 is 0 Å². The van der Waals surface area contributed by atoms with Gasteiger partial charge in [0.1, 0.15) is 11.6 Å². The standard InChI is InChI=1S/C20H22F2N2O4S2/c21-17-12-18(22)14-20(13-17)30(27,28)24-9-7-23(8-10-24)29(25,26)19-6-5-15-3-1-2-4-16(15)11-19/h5-6,11-14H,1-4,7-10H2. The minimum Gasteiger partial charge on any atom is -0.207 e. The van der Waals surface area contributed by atoms with Crippen LogP contribution in [0.25, 0.3) is 0 Å². The molecule has 0 unspecified atom stereocenters. The average Bonchev–Trinajstić information content (AvgIpc) is 2.72. The molecule has 0 radical (unpaired) electrons. The lowest BCUT2D eigenvalue weighted by atomic mass is 9.92. The summed E-state index contributed by atoms with van der Waals surface area (Å²) in [6.07, 6.45) is 3.94. The zero-order chi connectivity index (χ0) is 21.5. The van der Waals surface area contributed by atoms with Gasteiger partial charge < -0.3 is 0 Å². The van der Waals surface area contributed by atoms with Gasteiger partial charge in [0.2, 0.25) is 20.0 Å². The SMILES string of the molecule is O=S(=O)(c1cc(F)cc(F)c1)N1CCN(S(=O)(=O)c2ccc3c(c2)CCCC3)CC1. The highest BCUT2D eigenvalue weighted by molar-refractivity contribution is 7.89. The maximum absolute atomic E-state index is 13.4. The number of hydrogen-bond acceptors (Lipinski definition) is 4. The highest BCUT2D eigenvalue weighted by Gasteiger charge is 2.34. The maximum Gasteiger partial charge on any atom is 0.243 e. The molecule has 4 rings (SSSR count). The molecule has 2 aromatic carbocycles. The summed E-state index contributed by atoms with van der Waals surface area (Å²) in [5.41, 5.74) is 2.23. The molecule has 0 amide bonds. The number of nitrogens with zero attached hydrogens (tertiary/aromatic N) is 2. The Morgan fingerprint density at radius 3 is 1.70 bits per heavy atom. The summed E-state index contributed by atoms with van der Waals surface area (Å²) in [4.78, 5) is -0.266. The lowest BCUT2D eigenvalue weighted by Crippen LogP contribution is -2.50. The molecule has 0 bridgehead atoms. The molecular formula is C20H22F2N2O4S2. The Bertz CT molecular complexity index is 1160. The fourth-order valence-electron chi connectivity index (χ4n) is 4.00. The second kappa shape index (κ2) is 7.99. The molecule has 0 N–H and O–H groups in total. The minimum atomic E-state index is -4.12. The van der Waals surface area contributed by atoms with Crippen molar-refractivity contribution in [2.24, 2.45) is 0 Å². The number of benzene rings is 2. The number of sulfonamides is 2. The molecule has 0 atom stereocenters. The number of halogens is 2. The van der Waals surface area contributed by atoms with Crippen LogP contribution in [0, 0.1) is 11.6 Å². The topological polar surface area (TPSA) is 74.8 Å². The predicted octanol–water partition coefficient (Wildman–Crippen LogP) is 2.54. The van der Waals surface area contributed by atoms with Crippen LogP contribution in [0.1, 0.15) is 24.0 Å². The molecule has 1 saturated heterocycles. The summed E-state index contributed by atoms with van der Waals surface area (Å²) in [5.74, 6) is -1.97. The predicted molar refractivity (Wildman–Crippen MR) is 107 cm³/mol. The van der Waals surface area contributed by atoms with E-state index in [9.17, 15) is 25.6 Å². The summed E-state index contributed by atoms with van der Waals surface area (Å²) in [7, 11) is -7.87. The van der Waals surface area contributed by atoms with Crippen LogP contribution in [-0.2, 0) is 32.9 Å². The second-order valence-electron chi connectivity index (χ2n) is 7.55. The smallest absolute Gasteiger partial charge is 0.207 e. The van der Waals surface area contributed by atoms with Crippen molar-refractivity contribution in [1.29, 1.82) is 0 Å². The molecule has 1 heterocycles. The lowest BCUT2D eigenvalue weighted by molar-refractivity contribution is 0.272. The van der Waals surface area contributed by atoms with E-state index in [0.29, 0.717) is 6.07 Å². The van der Waals surface area contributed by atoms with E-state index >= 15 is 0 Å². The van der Waals surface area contributed by atoms with Crippen molar-refractivity contribution in [1.82, 2.24) is 8.61 Å². The third-order valence-electron chi connectivity index (χ3n) is 5.63. The van der Waals surface area contributed by atoms with Crippen LogP contribution in [-0.4, -0.2) is 51.6 Å². The Balaban J connectivity index is 1.51. The summed E-state index contributed by atoms with van der Waals surface area (Å²) in [5, 5.41) is 0. The Morgan fingerprint density at radius 2 is 1.13 bits per heavy atom. The van der Waals surface area contributed by atoms with Crippen molar-refractivity contribution in [3.05, 3.63) is 59.2 Å². The Hall–Kier alpha value is -1.88. The van der Waals surface area contributed by atoms with Crippen molar-refractivity contribution in [3.63, 3.8) is 0 Å². The first-order valence-electron chi connectivity index (χ1n) is 9.76. The van der Waals surface area contributed by atoms with E-state index in [4.69, 9.17) is 0 Å². The highest BCUT2D eigenvalue weighted by Crippen LogP contribution is 2.27. The molecule has 10 heteroatoms. The van der Waals surface area contributed by atoms with Crippen LogP contribution in [0.5, 0.6) is 0 Å². The number of rotatable bonds is 4. The summed E-state index contributed by atoms with van der Waals surface area (Å²) in [6.45, 7) is -0.248. The van der Waals surface area contributed by atoms with Gasteiger partial charge in [-0.2, -0.15) is 8.61 Å². The zero-order valence-corrected chi connectivity index (χ0v) is 17.9. The monoisotopic (exact) mass is 456 g/mol. The van der Waals surface area contributed by atoms with Crippen molar-refractivity contribution < 1.29 is 25.6 Å². The Morgan fingerprint density at radius 1 is 0.633 bits per heavy atom. The van der Waals surface area contributed by atoms with Crippen LogP contribution in [0.15, 0.2) is 46.2 Å². The third-order valence-corrected chi connectivity index (χ3v) is 9.40. The van der Waals surface area contributed by atoms with E-state index in [2.05, 4.69) is 0 Å². The lowest BCUT2D eigenvalue weighted by Gasteiger charge is -2.33. The van der Waals surface area contributed by atoms with E-state index in [1.165, 1.54) is 9.87 Å². The van der Waals surface area contributed by atoms with Gasteiger partial charge in [-0.15, -0.1) is 0 Å². The average molecular weight is 457 g/mol. The summed E-state index contributed by atoms with van der Waals surface area (Å²) in [6, 6.07) is 7.31. The molecule has 0 spiro atoms. The molecule has 1 aliphatic carbocycles. The van der Waals surface area contributed by atoms with Crippen LogP contribution in [0.4, 0.5) is 8.78 Å². The van der Waals surface area contributed by atoms with Gasteiger partial charge in [-0.3, -0.25) is 0 Å². The summed E-state index contributed by atoms with van der Waals surface area (Å²) >= 11 is 0. The van der Waals surface area contributed by atoms with Crippen molar-refractivity contribution in [3.8, 4) is 0 Å². The first-order valence-corrected chi connectivity index (χ1v) is 12.6. The highest BCUT2D eigenvalue weighted by atomic mass is 32.2. The molecule has 1 fully saturated rings. The van der Waals surface area contributed by atoms with E-state index in [1.54, 1.807) is 12.1 Å². The zero-order valence-electron chi connectivity index (χ0n) is 16.2. The molecule has 1 aliphatic heterocycles. The van der Waals surface area contributed by atoms with Crippen molar-refractivity contribution >= 4 is 20.0 Å². The van der Waals surface area contributed by atoms with Crippen molar-refractivity contribution in [2.45, 2.75) is 35.5 Å². The first kappa shape index (κ1) is 21.4.